The van der Waals surface area contributed by atoms with E-state index in [0.29, 0.717) is 18.9 Å². The Balaban J connectivity index is 1.36. The third kappa shape index (κ3) is 5.23. The molecule has 1 N–H and O–H groups in total. The van der Waals surface area contributed by atoms with E-state index in [9.17, 15) is 9.59 Å². The lowest BCUT2D eigenvalue weighted by Crippen LogP contribution is -2.49. The first kappa shape index (κ1) is 21.3. The molecule has 1 aromatic carbocycles. The van der Waals surface area contributed by atoms with Gasteiger partial charge in [-0.25, -0.2) is 4.79 Å². The number of anilines is 2. The van der Waals surface area contributed by atoms with E-state index < -0.39 is 0 Å². The molecule has 2 saturated heterocycles. The number of hydrogen-bond donors (Lipinski definition) is 1. The molecule has 2 aliphatic rings. The molecule has 2 fully saturated rings. The molecule has 0 bridgehead atoms. The molecule has 0 atom stereocenters. The molecular weight excluding hydrogens is 396 g/mol. The van der Waals surface area contributed by atoms with Crippen molar-refractivity contribution in [3.8, 4) is 0 Å². The van der Waals surface area contributed by atoms with Crippen molar-refractivity contribution in [2.75, 3.05) is 62.7 Å². The number of nitrogens with zero attached hydrogens (tertiary/aromatic N) is 5. The molecule has 0 spiro atoms. The van der Waals surface area contributed by atoms with Crippen molar-refractivity contribution in [1.29, 1.82) is 0 Å². The fourth-order valence-corrected chi connectivity index (χ4v) is 4.07. The largest absolute Gasteiger partial charge is 0.378 e. The monoisotopic (exact) mass is 426 g/mol. The molecular formula is C22H30N6O3. The average molecular weight is 427 g/mol. The van der Waals surface area contributed by atoms with Crippen molar-refractivity contribution in [2.45, 2.75) is 20.4 Å². The zero-order valence-corrected chi connectivity index (χ0v) is 18.2. The number of ether oxygens (including phenoxy) is 1. The van der Waals surface area contributed by atoms with E-state index in [1.54, 1.807) is 17.2 Å². The summed E-state index contributed by atoms with van der Waals surface area (Å²) in [4.78, 5) is 30.5. The third-order valence-electron chi connectivity index (χ3n) is 5.72. The van der Waals surface area contributed by atoms with Crippen molar-refractivity contribution >= 4 is 23.4 Å². The maximum absolute atomic E-state index is 12.7. The van der Waals surface area contributed by atoms with Crippen LogP contribution < -0.4 is 10.2 Å². The zero-order chi connectivity index (χ0) is 21.8. The van der Waals surface area contributed by atoms with E-state index in [1.807, 2.05) is 0 Å². The Kier molecular flexibility index (Phi) is 6.53. The highest BCUT2D eigenvalue weighted by Gasteiger charge is 2.24. The van der Waals surface area contributed by atoms with Gasteiger partial charge in [-0.1, -0.05) is 12.1 Å². The van der Waals surface area contributed by atoms with Gasteiger partial charge in [0.1, 0.15) is 0 Å². The number of carbonyl (C=O) groups is 2. The molecule has 0 unspecified atom stereocenters. The van der Waals surface area contributed by atoms with Crippen LogP contribution in [0.2, 0.25) is 0 Å². The second-order valence-electron chi connectivity index (χ2n) is 8.10. The number of rotatable bonds is 4. The highest BCUT2D eigenvalue weighted by Crippen LogP contribution is 2.25. The summed E-state index contributed by atoms with van der Waals surface area (Å²) in [5.74, 6) is 0.174. The quantitative estimate of drug-likeness (QED) is 0.803. The Morgan fingerprint density at radius 1 is 1.06 bits per heavy atom. The van der Waals surface area contributed by atoms with Gasteiger partial charge in [-0.2, -0.15) is 4.68 Å². The number of hydrogen-bond acceptors (Lipinski definition) is 6. The molecule has 4 rings (SSSR count). The number of morpholine rings is 1. The molecule has 3 heterocycles. The van der Waals surface area contributed by atoms with Gasteiger partial charge in [-0.15, -0.1) is 5.10 Å². The minimum atomic E-state index is -0.209. The molecule has 2 aliphatic heterocycles. The Hall–Kier alpha value is -2.91. The molecule has 1 aromatic heterocycles. The molecule has 9 nitrogen and oxygen atoms in total. The highest BCUT2D eigenvalue weighted by atomic mass is 16.5. The minimum Gasteiger partial charge on any atom is -0.378 e. The molecule has 9 heteroatoms. The van der Waals surface area contributed by atoms with Crippen LogP contribution in [0.5, 0.6) is 0 Å². The first-order valence-corrected chi connectivity index (χ1v) is 10.8. The van der Waals surface area contributed by atoms with Crippen molar-refractivity contribution < 1.29 is 14.3 Å². The fourth-order valence-electron chi connectivity index (χ4n) is 4.07. The molecule has 0 radical (unpaired) electrons. The highest BCUT2D eigenvalue weighted by molar-refractivity contribution is 5.88. The number of amides is 2. The molecule has 2 amide bonds. The van der Waals surface area contributed by atoms with Crippen LogP contribution in [0.3, 0.4) is 0 Å². The van der Waals surface area contributed by atoms with Gasteiger partial charge in [0.15, 0.2) is 5.82 Å². The summed E-state index contributed by atoms with van der Waals surface area (Å²) in [6.45, 7) is 10.7. The summed E-state index contributed by atoms with van der Waals surface area (Å²) in [5, 5.41) is 6.74. The van der Waals surface area contributed by atoms with Crippen molar-refractivity contribution in [3.63, 3.8) is 0 Å². The van der Waals surface area contributed by atoms with Gasteiger partial charge in [-0.05, 0) is 24.1 Å². The second kappa shape index (κ2) is 9.49. The standard InChI is InChI=1S/C22H30N6O3/c1-17-3-4-19(20(15-17)26-11-13-31-14-12-26)16-25-7-9-27(10-8-25)22(30)28-6-5-21(24-28)23-18(2)29/h3-6,15H,7-14,16H2,1-2H3,(H,23,24,29). The predicted molar refractivity (Wildman–Crippen MR) is 118 cm³/mol. The summed E-state index contributed by atoms with van der Waals surface area (Å²) in [6.07, 6.45) is 1.58. The van der Waals surface area contributed by atoms with Crippen LogP contribution in [-0.4, -0.2) is 84.0 Å². The van der Waals surface area contributed by atoms with Crippen molar-refractivity contribution in [3.05, 3.63) is 41.6 Å². The maximum Gasteiger partial charge on any atom is 0.344 e. The second-order valence-corrected chi connectivity index (χ2v) is 8.10. The Bertz CT molecular complexity index is 929. The van der Waals surface area contributed by atoms with Crippen LogP contribution in [0.25, 0.3) is 0 Å². The average Bonchev–Trinajstić information content (AvgIpc) is 3.23. The predicted octanol–water partition coefficient (Wildman–Crippen LogP) is 1.77. The summed E-state index contributed by atoms with van der Waals surface area (Å²) in [6, 6.07) is 8.12. The van der Waals surface area contributed by atoms with Gasteiger partial charge < -0.3 is 19.9 Å². The summed E-state index contributed by atoms with van der Waals surface area (Å²) >= 11 is 0. The van der Waals surface area contributed by atoms with Gasteiger partial charge >= 0.3 is 6.03 Å². The Morgan fingerprint density at radius 3 is 2.52 bits per heavy atom. The maximum atomic E-state index is 12.7. The van der Waals surface area contributed by atoms with Gasteiger partial charge in [0.05, 0.1) is 13.2 Å². The van der Waals surface area contributed by atoms with E-state index in [0.717, 1.165) is 45.9 Å². The number of aromatic nitrogens is 2. The van der Waals surface area contributed by atoms with Crippen LogP contribution in [0.15, 0.2) is 30.5 Å². The lowest BCUT2D eigenvalue weighted by Gasteiger charge is -2.36. The van der Waals surface area contributed by atoms with E-state index in [1.165, 1.54) is 28.4 Å². The summed E-state index contributed by atoms with van der Waals surface area (Å²) in [5.41, 5.74) is 3.88. The van der Waals surface area contributed by atoms with E-state index in [-0.39, 0.29) is 11.9 Å². The van der Waals surface area contributed by atoms with Crippen LogP contribution in [-0.2, 0) is 16.1 Å². The minimum absolute atomic E-state index is 0.166. The molecule has 0 aliphatic carbocycles. The fraction of sp³-hybridized carbons (Fsp3) is 0.500. The Morgan fingerprint density at radius 2 is 1.81 bits per heavy atom. The molecule has 166 valence electrons. The topological polar surface area (TPSA) is 82.9 Å². The smallest absolute Gasteiger partial charge is 0.344 e. The van der Waals surface area contributed by atoms with Crippen LogP contribution in [0.4, 0.5) is 16.3 Å². The lowest BCUT2D eigenvalue weighted by atomic mass is 10.1. The lowest BCUT2D eigenvalue weighted by molar-refractivity contribution is -0.114. The van der Waals surface area contributed by atoms with E-state index in [2.05, 4.69) is 45.3 Å². The summed E-state index contributed by atoms with van der Waals surface area (Å²) in [7, 11) is 0. The van der Waals surface area contributed by atoms with Crippen LogP contribution in [0.1, 0.15) is 18.1 Å². The number of nitrogens with one attached hydrogen (secondary N) is 1. The van der Waals surface area contributed by atoms with Crippen molar-refractivity contribution in [2.24, 2.45) is 0 Å². The summed E-state index contributed by atoms with van der Waals surface area (Å²) < 4.78 is 6.80. The van der Waals surface area contributed by atoms with Gasteiger partial charge in [0.2, 0.25) is 5.91 Å². The third-order valence-corrected chi connectivity index (χ3v) is 5.72. The first-order chi connectivity index (χ1) is 15.0. The van der Waals surface area contributed by atoms with Gasteiger partial charge in [0.25, 0.3) is 0 Å². The van der Waals surface area contributed by atoms with Gasteiger partial charge in [-0.3, -0.25) is 9.69 Å². The number of benzene rings is 1. The van der Waals surface area contributed by atoms with E-state index in [4.69, 9.17) is 4.74 Å². The number of aryl methyl sites for hydroxylation is 1. The van der Waals surface area contributed by atoms with Crippen molar-refractivity contribution in [1.82, 2.24) is 19.6 Å². The molecule has 2 aromatic rings. The van der Waals surface area contributed by atoms with Crippen LogP contribution >= 0.6 is 0 Å². The normalized spacial score (nSPS) is 17.6. The zero-order valence-electron chi connectivity index (χ0n) is 18.2. The first-order valence-electron chi connectivity index (χ1n) is 10.8. The van der Waals surface area contributed by atoms with Crippen LogP contribution in [0, 0.1) is 6.92 Å². The number of carbonyl (C=O) groups excluding carboxylic acids is 2. The molecule has 0 saturated carbocycles. The number of piperazine rings is 1. The molecule has 31 heavy (non-hydrogen) atoms. The Labute approximate surface area is 182 Å². The van der Waals surface area contributed by atoms with E-state index >= 15 is 0 Å². The SMILES string of the molecule is CC(=O)Nc1ccn(C(=O)N2CCN(Cc3ccc(C)cc3N3CCOCC3)CC2)n1. The van der Waals surface area contributed by atoms with Gasteiger partial charge in [0, 0.05) is 70.7 Å².